The van der Waals surface area contributed by atoms with E-state index in [1.807, 2.05) is 19.0 Å². The summed E-state index contributed by atoms with van der Waals surface area (Å²) in [5.41, 5.74) is -0.247. The lowest BCUT2D eigenvalue weighted by atomic mass is 10.2. The summed E-state index contributed by atoms with van der Waals surface area (Å²) in [4.78, 5) is 26.8. The fourth-order valence-corrected chi connectivity index (χ4v) is 1.59. The lowest BCUT2D eigenvalue weighted by Crippen LogP contribution is -2.35. The van der Waals surface area contributed by atoms with Crippen LogP contribution < -0.4 is 11.2 Å². The highest BCUT2D eigenvalue weighted by atomic mass is 16.3. The number of hydrogen-bond donors (Lipinski definition) is 2. The number of nitrogens with one attached hydrogen (secondary N) is 1. The molecular weight excluding hydrogens is 222 g/mol. The summed E-state index contributed by atoms with van der Waals surface area (Å²) in [5, 5.41) is 9.16. The summed E-state index contributed by atoms with van der Waals surface area (Å²) in [6, 6.07) is 0.00846. The number of aliphatic hydroxyl groups excluding tert-OH is 1. The molecule has 0 aliphatic rings. The Hall–Kier alpha value is -1.40. The number of aliphatic hydroxyl groups is 1. The number of likely N-dealkylation sites (N-methyl/N-ethyl adjacent to an activating group) is 1. The minimum absolute atomic E-state index is 0.00846. The molecule has 1 rings (SSSR count). The monoisotopic (exact) mass is 241 g/mol. The van der Waals surface area contributed by atoms with E-state index in [0.29, 0.717) is 18.5 Å². The van der Waals surface area contributed by atoms with Crippen molar-refractivity contribution >= 4 is 0 Å². The molecule has 0 saturated heterocycles. The number of aryl methyl sites for hydroxylation is 2. The predicted octanol–water partition coefficient (Wildman–Crippen LogP) is -0.842. The molecular formula is C11H19N3O3. The SMILES string of the molecule is Cc1cn(CCC(CO)N(C)C)c(=O)[nH]c1=O. The number of nitrogens with zero attached hydrogens (tertiary/aromatic N) is 2. The van der Waals surface area contributed by atoms with E-state index in [2.05, 4.69) is 4.98 Å². The third-order valence-electron chi connectivity index (χ3n) is 2.83. The van der Waals surface area contributed by atoms with Gasteiger partial charge in [-0.05, 0) is 27.4 Å². The number of aromatic amines is 1. The normalized spacial score (nSPS) is 13.0. The van der Waals surface area contributed by atoms with Crippen LogP contribution in [-0.4, -0.2) is 46.3 Å². The molecule has 96 valence electrons. The van der Waals surface area contributed by atoms with Gasteiger partial charge in [-0.1, -0.05) is 0 Å². The van der Waals surface area contributed by atoms with Gasteiger partial charge >= 0.3 is 5.69 Å². The van der Waals surface area contributed by atoms with Crippen molar-refractivity contribution < 1.29 is 5.11 Å². The summed E-state index contributed by atoms with van der Waals surface area (Å²) in [6.07, 6.45) is 2.19. The van der Waals surface area contributed by atoms with Crippen LogP contribution in [-0.2, 0) is 6.54 Å². The van der Waals surface area contributed by atoms with Crippen molar-refractivity contribution in [1.29, 1.82) is 0 Å². The number of aromatic nitrogens is 2. The summed E-state index contributed by atoms with van der Waals surface area (Å²) in [7, 11) is 3.75. The largest absolute Gasteiger partial charge is 0.395 e. The molecule has 0 bridgehead atoms. The number of H-pyrrole nitrogens is 1. The maximum absolute atomic E-state index is 11.5. The molecule has 0 radical (unpaired) electrons. The molecule has 0 amide bonds. The van der Waals surface area contributed by atoms with Crippen LogP contribution in [0, 0.1) is 6.92 Å². The van der Waals surface area contributed by atoms with Crippen LogP contribution in [0.15, 0.2) is 15.8 Å². The van der Waals surface area contributed by atoms with Gasteiger partial charge in [-0.2, -0.15) is 0 Å². The van der Waals surface area contributed by atoms with E-state index in [1.54, 1.807) is 13.1 Å². The average Bonchev–Trinajstić information content (AvgIpc) is 2.25. The molecule has 1 aromatic heterocycles. The molecule has 1 aromatic rings. The van der Waals surface area contributed by atoms with E-state index < -0.39 is 5.69 Å². The Morgan fingerprint density at radius 1 is 1.47 bits per heavy atom. The fourth-order valence-electron chi connectivity index (χ4n) is 1.59. The molecule has 0 fully saturated rings. The van der Waals surface area contributed by atoms with E-state index in [4.69, 9.17) is 5.11 Å². The van der Waals surface area contributed by atoms with Crippen LogP contribution in [0.5, 0.6) is 0 Å². The van der Waals surface area contributed by atoms with Crippen LogP contribution >= 0.6 is 0 Å². The number of rotatable bonds is 5. The molecule has 6 nitrogen and oxygen atoms in total. The van der Waals surface area contributed by atoms with Crippen LogP contribution in [0.4, 0.5) is 0 Å². The summed E-state index contributed by atoms with van der Waals surface area (Å²) < 4.78 is 1.46. The Morgan fingerprint density at radius 2 is 2.12 bits per heavy atom. The first-order valence-electron chi connectivity index (χ1n) is 5.53. The molecule has 0 aliphatic carbocycles. The zero-order valence-corrected chi connectivity index (χ0v) is 10.4. The second kappa shape index (κ2) is 5.79. The van der Waals surface area contributed by atoms with Crippen molar-refractivity contribution in [3.8, 4) is 0 Å². The van der Waals surface area contributed by atoms with Crippen molar-refractivity contribution in [3.05, 3.63) is 32.6 Å². The molecule has 1 unspecified atom stereocenters. The van der Waals surface area contributed by atoms with E-state index in [-0.39, 0.29) is 18.2 Å². The smallest absolute Gasteiger partial charge is 0.328 e. The van der Waals surface area contributed by atoms with Crippen molar-refractivity contribution in [2.24, 2.45) is 0 Å². The molecule has 6 heteroatoms. The Balaban J connectivity index is 2.79. The molecule has 0 aliphatic heterocycles. The van der Waals surface area contributed by atoms with Crippen LogP contribution in [0.1, 0.15) is 12.0 Å². The van der Waals surface area contributed by atoms with Gasteiger partial charge in [-0.15, -0.1) is 0 Å². The summed E-state index contributed by atoms with van der Waals surface area (Å²) in [5.74, 6) is 0. The molecule has 17 heavy (non-hydrogen) atoms. The van der Waals surface area contributed by atoms with Gasteiger partial charge in [0, 0.05) is 24.3 Å². The third-order valence-corrected chi connectivity index (χ3v) is 2.83. The van der Waals surface area contributed by atoms with Gasteiger partial charge in [0.2, 0.25) is 0 Å². The lowest BCUT2D eigenvalue weighted by Gasteiger charge is -2.22. The topological polar surface area (TPSA) is 78.3 Å². The van der Waals surface area contributed by atoms with Crippen LogP contribution in [0.3, 0.4) is 0 Å². The summed E-state index contributed by atoms with van der Waals surface area (Å²) in [6.45, 7) is 2.17. The number of hydrogen-bond acceptors (Lipinski definition) is 4. The van der Waals surface area contributed by atoms with Crippen LogP contribution in [0.2, 0.25) is 0 Å². The van der Waals surface area contributed by atoms with Crippen molar-refractivity contribution in [1.82, 2.24) is 14.5 Å². The first-order valence-corrected chi connectivity index (χ1v) is 5.53. The van der Waals surface area contributed by atoms with E-state index in [1.165, 1.54) is 4.57 Å². The quantitative estimate of drug-likeness (QED) is 0.704. The van der Waals surface area contributed by atoms with Gasteiger partial charge < -0.3 is 14.6 Å². The van der Waals surface area contributed by atoms with E-state index >= 15 is 0 Å². The zero-order valence-electron chi connectivity index (χ0n) is 10.4. The predicted molar refractivity (Wildman–Crippen MR) is 65.2 cm³/mol. The Morgan fingerprint density at radius 3 is 2.65 bits per heavy atom. The first-order chi connectivity index (χ1) is 7.95. The highest BCUT2D eigenvalue weighted by molar-refractivity contribution is 5.00. The molecule has 1 heterocycles. The molecule has 0 aromatic carbocycles. The highest BCUT2D eigenvalue weighted by Crippen LogP contribution is 2.00. The van der Waals surface area contributed by atoms with Gasteiger partial charge in [0.15, 0.2) is 0 Å². The van der Waals surface area contributed by atoms with E-state index in [0.717, 1.165) is 0 Å². The molecule has 0 saturated carbocycles. The lowest BCUT2D eigenvalue weighted by molar-refractivity contribution is 0.157. The van der Waals surface area contributed by atoms with E-state index in [9.17, 15) is 9.59 Å². The Kier molecular flexibility index (Phi) is 4.65. The maximum Gasteiger partial charge on any atom is 0.328 e. The van der Waals surface area contributed by atoms with Gasteiger partial charge in [0.05, 0.1) is 6.61 Å². The van der Waals surface area contributed by atoms with Crippen molar-refractivity contribution in [3.63, 3.8) is 0 Å². The zero-order chi connectivity index (χ0) is 13.0. The van der Waals surface area contributed by atoms with Crippen LogP contribution in [0.25, 0.3) is 0 Å². The van der Waals surface area contributed by atoms with Gasteiger partial charge in [-0.3, -0.25) is 9.78 Å². The van der Waals surface area contributed by atoms with Gasteiger partial charge in [0.25, 0.3) is 5.56 Å². The van der Waals surface area contributed by atoms with Gasteiger partial charge in [0.1, 0.15) is 0 Å². The van der Waals surface area contributed by atoms with Crippen molar-refractivity contribution in [2.75, 3.05) is 20.7 Å². The second-order valence-electron chi connectivity index (χ2n) is 4.35. The Bertz CT molecular complexity index is 476. The summed E-state index contributed by atoms with van der Waals surface area (Å²) >= 11 is 0. The minimum Gasteiger partial charge on any atom is -0.395 e. The standard InChI is InChI=1S/C11H19N3O3/c1-8-6-14(11(17)12-10(8)16)5-4-9(7-15)13(2)3/h6,9,15H,4-5,7H2,1-3H3,(H,12,16,17). The van der Waals surface area contributed by atoms with Crippen molar-refractivity contribution in [2.45, 2.75) is 25.9 Å². The molecule has 2 N–H and O–H groups in total. The average molecular weight is 241 g/mol. The first kappa shape index (κ1) is 13.7. The minimum atomic E-state index is -0.406. The fraction of sp³-hybridized carbons (Fsp3) is 0.636. The van der Waals surface area contributed by atoms with Gasteiger partial charge in [-0.25, -0.2) is 4.79 Å². The highest BCUT2D eigenvalue weighted by Gasteiger charge is 2.10. The molecule has 1 atom stereocenters. The maximum atomic E-state index is 11.5. The Labute approximate surface area is 99.5 Å². The molecule has 0 spiro atoms. The second-order valence-corrected chi connectivity index (χ2v) is 4.35. The third kappa shape index (κ3) is 3.54.